The van der Waals surface area contributed by atoms with Crippen molar-refractivity contribution in [3.63, 3.8) is 0 Å². The second-order valence-corrected chi connectivity index (χ2v) is 8.19. The molecular formula is C24H28N6O4. The number of carbonyl (C=O) groups is 2. The van der Waals surface area contributed by atoms with Gasteiger partial charge in [-0.2, -0.15) is 5.10 Å². The van der Waals surface area contributed by atoms with Crippen molar-refractivity contribution in [2.45, 2.75) is 40.8 Å². The highest BCUT2D eigenvalue weighted by atomic mass is 16.5. The minimum absolute atomic E-state index is 0.202. The lowest BCUT2D eigenvalue weighted by Gasteiger charge is -2.20. The first-order chi connectivity index (χ1) is 16.2. The molecule has 1 aromatic heterocycles. The predicted octanol–water partition coefficient (Wildman–Crippen LogP) is 3.57. The lowest BCUT2D eigenvalue weighted by molar-refractivity contribution is 0.0682. The van der Waals surface area contributed by atoms with Crippen LogP contribution in [0.5, 0.6) is 5.75 Å². The zero-order chi connectivity index (χ0) is 24.6. The molecule has 10 heteroatoms. The monoisotopic (exact) mass is 464 g/mol. The van der Waals surface area contributed by atoms with Crippen LogP contribution < -0.4 is 20.8 Å². The summed E-state index contributed by atoms with van der Waals surface area (Å²) < 4.78 is 7.66. The van der Waals surface area contributed by atoms with E-state index >= 15 is 0 Å². The Morgan fingerprint density at radius 1 is 1.12 bits per heavy atom. The van der Waals surface area contributed by atoms with Gasteiger partial charge >= 0.3 is 12.0 Å². The number of aryl methyl sites for hydroxylation is 3. The number of benzene rings is 2. The third kappa shape index (κ3) is 4.09. The molecule has 2 aromatic carbocycles. The fraction of sp³-hybridized carbons (Fsp3) is 0.292. The third-order valence-corrected chi connectivity index (χ3v) is 5.95. The van der Waals surface area contributed by atoms with Crippen molar-refractivity contribution >= 4 is 17.7 Å². The molecule has 0 radical (unpaired) electrons. The van der Waals surface area contributed by atoms with Crippen LogP contribution in [-0.4, -0.2) is 38.9 Å². The van der Waals surface area contributed by atoms with E-state index in [0.29, 0.717) is 29.2 Å². The maximum atomic E-state index is 12.4. The predicted molar refractivity (Wildman–Crippen MR) is 127 cm³/mol. The number of aromatic carboxylic acids is 1. The van der Waals surface area contributed by atoms with Gasteiger partial charge in [0.05, 0.1) is 11.4 Å². The average Bonchev–Trinajstić information content (AvgIpc) is 3.32. The first-order valence-corrected chi connectivity index (χ1v) is 10.9. The van der Waals surface area contributed by atoms with Gasteiger partial charge in [-0.05, 0) is 63.1 Å². The molecule has 1 aliphatic heterocycles. The van der Waals surface area contributed by atoms with Gasteiger partial charge in [0.15, 0.2) is 0 Å². The number of aromatic nitrogens is 2. The molecule has 0 spiro atoms. The highest BCUT2D eigenvalue weighted by Crippen LogP contribution is 2.31. The van der Waals surface area contributed by atoms with Crippen molar-refractivity contribution in [3.05, 3.63) is 64.3 Å². The number of anilines is 1. The molecule has 178 valence electrons. The van der Waals surface area contributed by atoms with Crippen LogP contribution in [0.2, 0.25) is 0 Å². The number of hydrogen-bond acceptors (Lipinski definition) is 6. The number of nitrogens with zero attached hydrogens (tertiary/aromatic N) is 4. The zero-order valence-corrected chi connectivity index (χ0v) is 19.8. The Morgan fingerprint density at radius 2 is 1.88 bits per heavy atom. The number of nitrogens with one attached hydrogen (secondary N) is 2. The fourth-order valence-corrected chi connectivity index (χ4v) is 4.05. The summed E-state index contributed by atoms with van der Waals surface area (Å²) in [5, 5.41) is 16.9. The molecule has 0 saturated carbocycles. The largest absolute Gasteiger partial charge is 0.489 e. The highest BCUT2D eigenvalue weighted by Gasteiger charge is 2.29. The molecule has 10 nitrogen and oxygen atoms in total. The molecule has 2 heterocycles. The van der Waals surface area contributed by atoms with Crippen LogP contribution in [0.15, 0.2) is 36.4 Å². The van der Waals surface area contributed by atoms with Crippen molar-refractivity contribution < 1.29 is 19.4 Å². The van der Waals surface area contributed by atoms with Crippen LogP contribution in [0.1, 0.15) is 39.7 Å². The minimum atomic E-state index is -0.990. The molecule has 1 saturated heterocycles. The van der Waals surface area contributed by atoms with Crippen LogP contribution >= 0.6 is 0 Å². The number of ether oxygens (including phenoxy) is 1. The van der Waals surface area contributed by atoms with Crippen molar-refractivity contribution in [1.29, 1.82) is 0 Å². The Kier molecular flexibility index (Phi) is 6.27. The van der Waals surface area contributed by atoms with E-state index in [-0.39, 0.29) is 18.3 Å². The number of carboxylic acid groups (broad SMARTS) is 1. The van der Waals surface area contributed by atoms with E-state index < -0.39 is 5.97 Å². The second-order valence-electron chi connectivity index (χ2n) is 8.19. The first-order valence-electron chi connectivity index (χ1n) is 10.9. The molecule has 3 aromatic rings. The van der Waals surface area contributed by atoms with E-state index in [2.05, 4.69) is 16.2 Å². The molecular weight excluding hydrogens is 436 g/mol. The van der Waals surface area contributed by atoms with Crippen molar-refractivity contribution in [2.75, 3.05) is 12.1 Å². The van der Waals surface area contributed by atoms with E-state index in [0.717, 1.165) is 22.3 Å². The Morgan fingerprint density at radius 3 is 2.47 bits per heavy atom. The van der Waals surface area contributed by atoms with Crippen LogP contribution in [0, 0.1) is 20.8 Å². The van der Waals surface area contributed by atoms with Gasteiger partial charge in [-0.3, -0.25) is 4.68 Å². The number of urea groups is 1. The summed E-state index contributed by atoms with van der Waals surface area (Å²) in [5.41, 5.74) is 11.4. The summed E-state index contributed by atoms with van der Waals surface area (Å²) in [6, 6.07) is 11.2. The van der Waals surface area contributed by atoms with E-state index in [1.165, 1.54) is 14.7 Å². The van der Waals surface area contributed by atoms with E-state index in [1.54, 1.807) is 14.0 Å². The van der Waals surface area contributed by atoms with E-state index in [4.69, 9.17) is 4.74 Å². The summed E-state index contributed by atoms with van der Waals surface area (Å²) >= 11 is 0. The zero-order valence-electron chi connectivity index (χ0n) is 19.8. The molecule has 1 aliphatic rings. The minimum Gasteiger partial charge on any atom is -0.489 e. The Hall–Kier alpha value is -3.89. The molecule has 0 aliphatic carbocycles. The molecule has 0 bridgehead atoms. The normalized spacial score (nSPS) is 13.6. The van der Waals surface area contributed by atoms with Gasteiger partial charge in [-0.25, -0.2) is 19.6 Å². The van der Waals surface area contributed by atoms with Crippen LogP contribution in [0.25, 0.3) is 11.3 Å². The Labute approximate surface area is 197 Å². The summed E-state index contributed by atoms with van der Waals surface area (Å²) in [5.74, 6) is -0.295. The molecule has 4 rings (SSSR count). The first kappa shape index (κ1) is 23.3. The Balaban J connectivity index is 1.59. The molecule has 1 fully saturated rings. The smallest absolute Gasteiger partial charge is 0.355 e. The van der Waals surface area contributed by atoms with Gasteiger partial charge in [-0.15, -0.1) is 11.1 Å². The van der Waals surface area contributed by atoms with Gasteiger partial charge in [0.1, 0.15) is 18.1 Å². The van der Waals surface area contributed by atoms with Gasteiger partial charge in [0.25, 0.3) is 0 Å². The maximum Gasteiger partial charge on any atom is 0.355 e. The number of amides is 2. The lowest BCUT2D eigenvalue weighted by atomic mass is 10.0. The van der Waals surface area contributed by atoms with Crippen molar-refractivity contribution in [3.8, 4) is 17.0 Å². The molecule has 0 atom stereocenters. The van der Waals surface area contributed by atoms with Gasteiger partial charge in [0.2, 0.25) is 0 Å². The van der Waals surface area contributed by atoms with E-state index in [1.807, 2.05) is 57.2 Å². The highest BCUT2D eigenvalue weighted by molar-refractivity contribution is 5.93. The van der Waals surface area contributed by atoms with Gasteiger partial charge in [0, 0.05) is 30.3 Å². The second kappa shape index (κ2) is 9.16. The maximum absolute atomic E-state index is 12.4. The summed E-state index contributed by atoms with van der Waals surface area (Å²) in [6.45, 7) is 8.29. The number of hydrazine groups is 3. The third-order valence-electron chi connectivity index (χ3n) is 5.95. The molecule has 34 heavy (non-hydrogen) atoms. The van der Waals surface area contributed by atoms with Crippen LogP contribution in [0.3, 0.4) is 0 Å². The SMILES string of the molecule is CCn1nc(-c2ccc(OCc3c(C)cccc3N3NNN(C)C3=O)c(C)c2)c(C)c1C(=O)O. The standard InChI is InChI=1S/C24H28N6O4/c1-6-29-22(23(31)32)16(4)21(25-29)17-10-11-20(15(3)12-17)34-13-18-14(2)8-7-9-19(18)30-24(33)28(5)26-27-30/h7-12,26-27H,6,13H2,1-5H3,(H,31,32). The summed E-state index contributed by atoms with van der Waals surface area (Å²) in [7, 11) is 1.64. The average molecular weight is 465 g/mol. The number of carbonyl (C=O) groups excluding carboxylic acids is 1. The lowest BCUT2D eigenvalue weighted by Crippen LogP contribution is -2.38. The van der Waals surface area contributed by atoms with Gasteiger partial charge < -0.3 is 9.84 Å². The van der Waals surface area contributed by atoms with E-state index in [9.17, 15) is 14.7 Å². The molecule has 0 unspecified atom stereocenters. The summed E-state index contributed by atoms with van der Waals surface area (Å²) in [6.07, 6.45) is 0. The molecule has 3 N–H and O–H groups in total. The van der Waals surface area contributed by atoms with Crippen molar-refractivity contribution in [2.24, 2.45) is 0 Å². The number of hydrogen-bond donors (Lipinski definition) is 3. The van der Waals surface area contributed by atoms with Crippen molar-refractivity contribution in [1.82, 2.24) is 25.9 Å². The number of carboxylic acids is 1. The fourth-order valence-electron chi connectivity index (χ4n) is 4.05. The summed E-state index contributed by atoms with van der Waals surface area (Å²) in [4.78, 5) is 24.1. The topological polar surface area (TPSA) is 112 Å². The van der Waals surface area contributed by atoms with Crippen LogP contribution in [0.4, 0.5) is 10.5 Å². The molecule has 2 amide bonds. The number of rotatable bonds is 7. The van der Waals surface area contributed by atoms with Gasteiger partial charge in [-0.1, -0.05) is 12.1 Å². The quantitative estimate of drug-likeness (QED) is 0.490. The van der Waals surface area contributed by atoms with Crippen LogP contribution in [-0.2, 0) is 13.2 Å². The Bertz CT molecular complexity index is 1270.